The van der Waals surface area contributed by atoms with Gasteiger partial charge in [0.1, 0.15) is 5.76 Å². The molecule has 1 saturated carbocycles. The fourth-order valence-corrected chi connectivity index (χ4v) is 5.19. The summed E-state index contributed by atoms with van der Waals surface area (Å²) in [5.41, 5.74) is 1.11. The summed E-state index contributed by atoms with van der Waals surface area (Å²) in [4.78, 5) is 28.2. The molecule has 0 radical (unpaired) electrons. The number of carbonyl (C=O) groups excluding carboxylic acids is 2. The number of hydrogen-bond acceptors (Lipinski definition) is 5. The Balaban J connectivity index is 1.74. The molecule has 0 bridgehead atoms. The van der Waals surface area contributed by atoms with E-state index in [-0.39, 0.29) is 23.1 Å². The van der Waals surface area contributed by atoms with Crippen molar-refractivity contribution in [1.82, 2.24) is 4.90 Å². The van der Waals surface area contributed by atoms with E-state index in [1.165, 1.54) is 13.2 Å². The van der Waals surface area contributed by atoms with Crippen LogP contribution in [-0.2, 0) is 9.59 Å². The summed E-state index contributed by atoms with van der Waals surface area (Å²) in [6, 6.07) is 17.1. The van der Waals surface area contributed by atoms with Gasteiger partial charge < -0.3 is 19.8 Å². The molecule has 1 aliphatic heterocycles. The number of hydrogen-bond donors (Lipinski definition) is 2. The van der Waals surface area contributed by atoms with Gasteiger partial charge in [-0.25, -0.2) is 0 Å². The van der Waals surface area contributed by atoms with Gasteiger partial charge in [0.05, 0.1) is 18.7 Å². The van der Waals surface area contributed by atoms with Gasteiger partial charge in [-0.3, -0.25) is 9.59 Å². The Morgan fingerprint density at radius 1 is 1.00 bits per heavy atom. The summed E-state index contributed by atoms with van der Waals surface area (Å²) in [6.45, 7) is 0. The number of methoxy groups -OCH3 is 1. The minimum Gasteiger partial charge on any atom is -0.507 e. The number of phenols is 1. The van der Waals surface area contributed by atoms with Gasteiger partial charge in [0.15, 0.2) is 11.5 Å². The predicted octanol–water partition coefficient (Wildman–Crippen LogP) is 4.92. The molecule has 1 aliphatic carbocycles. The van der Waals surface area contributed by atoms with Crippen molar-refractivity contribution in [3.8, 4) is 11.5 Å². The van der Waals surface area contributed by atoms with Crippen LogP contribution in [0.5, 0.6) is 11.5 Å². The Kier molecular flexibility index (Phi) is 5.29. The van der Waals surface area contributed by atoms with Crippen LogP contribution in [0.3, 0.4) is 0 Å². The number of phenolic OH excluding ortho intramolecular Hbond substituents is 1. The number of aliphatic hydroxyl groups excluding tert-OH is 1. The van der Waals surface area contributed by atoms with Gasteiger partial charge in [0, 0.05) is 11.6 Å². The average Bonchev–Trinajstić information content (AvgIpc) is 3.45. The molecule has 2 aliphatic rings. The van der Waals surface area contributed by atoms with Crippen molar-refractivity contribution in [1.29, 1.82) is 0 Å². The number of aliphatic hydroxyl groups is 1. The summed E-state index contributed by atoms with van der Waals surface area (Å²) in [5.74, 6) is -1.30. The molecule has 0 aromatic heterocycles. The zero-order valence-corrected chi connectivity index (χ0v) is 18.3. The number of aromatic hydroxyl groups is 1. The van der Waals surface area contributed by atoms with E-state index in [2.05, 4.69) is 0 Å². The standard InChI is InChI=1S/C27H25NO5/c1-33-22-14-13-17(15-21(22)29)24-23(26(31)27(32)28(24)18-9-3-4-10-18)25(30)20-12-6-8-16-7-2-5-11-19(16)20/h2,5-8,11-15,18,24,29-30H,3-4,9-10H2,1H3/b25-23-. The van der Waals surface area contributed by atoms with Crippen LogP contribution in [0.2, 0.25) is 0 Å². The van der Waals surface area contributed by atoms with Gasteiger partial charge >= 0.3 is 0 Å². The van der Waals surface area contributed by atoms with Gasteiger partial charge in [-0.1, -0.05) is 61.4 Å². The first kappa shape index (κ1) is 21.1. The molecule has 6 heteroatoms. The van der Waals surface area contributed by atoms with Gasteiger partial charge in [-0.05, 0) is 41.3 Å². The third-order valence-electron chi connectivity index (χ3n) is 6.76. The van der Waals surface area contributed by atoms with Crippen molar-refractivity contribution in [3.63, 3.8) is 0 Å². The molecule has 0 spiro atoms. The molecule has 1 unspecified atom stereocenters. The Morgan fingerprint density at radius 3 is 2.45 bits per heavy atom. The van der Waals surface area contributed by atoms with Gasteiger partial charge in [0.25, 0.3) is 11.7 Å². The second kappa shape index (κ2) is 8.28. The third-order valence-corrected chi connectivity index (χ3v) is 6.76. The summed E-state index contributed by atoms with van der Waals surface area (Å²) in [5, 5.41) is 23.6. The first-order chi connectivity index (χ1) is 16.0. The molecule has 6 nitrogen and oxygen atoms in total. The van der Waals surface area contributed by atoms with Crippen molar-refractivity contribution < 1.29 is 24.5 Å². The smallest absolute Gasteiger partial charge is 0.295 e. The monoisotopic (exact) mass is 443 g/mol. The maximum Gasteiger partial charge on any atom is 0.295 e. The highest BCUT2D eigenvalue weighted by molar-refractivity contribution is 6.46. The number of fused-ring (bicyclic) bond motifs is 1. The highest BCUT2D eigenvalue weighted by Gasteiger charge is 2.49. The average molecular weight is 443 g/mol. The molecule has 1 atom stereocenters. The zero-order valence-electron chi connectivity index (χ0n) is 18.3. The highest BCUT2D eigenvalue weighted by atomic mass is 16.5. The van der Waals surface area contributed by atoms with Crippen LogP contribution in [0.4, 0.5) is 0 Å². The van der Waals surface area contributed by atoms with E-state index in [9.17, 15) is 19.8 Å². The lowest BCUT2D eigenvalue weighted by molar-refractivity contribution is -0.141. The minimum absolute atomic E-state index is 0.0489. The number of amides is 1. The minimum atomic E-state index is -0.788. The van der Waals surface area contributed by atoms with Crippen molar-refractivity contribution in [2.45, 2.75) is 37.8 Å². The van der Waals surface area contributed by atoms with Crippen LogP contribution in [0.1, 0.15) is 42.9 Å². The number of benzene rings is 3. The second-order valence-electron chi connectivity index (χ2n) is 8.60. The fourth-order valence-electron chi connectivity index (χ4n) is 5.19. The van der Waals surface area contributed by atoms with E-state index in [1.54, 1.807) is 23.1 Å². The predicted molar refractivity (Wildman–Crippen MR) is 125 cm³/mol. The van der Waals surface area contributed by atoms with Crippen LogP contribution in [0, 0.1) is 0 Å². The molecule has 168 valence electrons. The van der Waals surface area contributed by atoms with E-state index in [0.717, 1.165) is 36.5 Å². The SMILES string of the molecule is COc1ccc(C2/C(=C(/O)c3cccc4ccccc34)C(=O)C(=O)N2C2CCCC2)cc1O. The van der Waals surface area contributed by atoms with Crippen LogP contribution in [-0.4, -0.2) is 40.0 Å². The zero-order chi connectivity index (χ0) is 23.1. The molecular weight excluding hydrogens is 418 g/mol. The van der Waals surface area contributed by atoms with E-state index in [1.807, 2.05) is 36.4 Å². The molecule has 2 N–H and O–H groups in total. The first-order valence-electron chi connectivity index (χ1n) is 11.2. The summed E-state index contributed by atoms with van der Waals surface area (Å²) < 4.78 is 5.16. The van der Waals surface area contributed by atoms with E-state index >= 15 is 0 Å². The van der Waals surface area contributed by atoms with Crippen molar-refractivity contribution in [2.24, 2.45) is 0 Å². The number of carbonyl (C=O) groups is 2. The number of likely N-dealkylation sites (tertiary alicyclic amines) is 1. The lowest BCUT2D eigenvalue weighted by Crippen LogP contribution is -2.37. The van der Waals surface area contributed by atoms with Crippen molar-refractivity contribution in [3.05, 3.63) is 77.4 Å². The molecule has 3 aromatic carbocycles. The summed E-state index contributed by atoms with van der Waals surface area (Å²) in [7, 11) is 1.46. The van der Waals surface area contributed by atoms with E-state index < -0.39 is 17.7 Å². The van der Waals surface area contributed by atoms with E-state index in [4.69, 9.17) is 4.74 Å². The normalized spacial score (nSPS) is 20.6. The van der Waals surface area contributed by atoms with Crippen molar-refractivity contribution in [2.75, 3.05) is 7.11 Å². The number of nitrogens with zero attached hydrogens (tertiary/aromatic N) is 1. The molecule has 5 rings (SSSR count). The molecule has 3 aromatic rings. The molecule has 2 fully saturated rings. The second-order valence-corrected chi connectivity index (χ2v) is 8.60. The van der Waals surface area contributed by atoms with Crippen molar-refractivity contribution >= 4 is 28.2 Å². The number of rotatable bonds is 4. The Bertz CT molecular complexity index is 1280. The van der Waals surface area contributed by atoms with Crippen LogP contribution >= 0.6 is 0 Å². The van der Waals surface area contributed by atoms with Crippen LogP contribution in [0.15, 0.2) is 66.2 Å². The van der Waals surface area contributed by atoms with Gasteiger partial charge in [-0.2, -0.15) is 0 Å². The maximum absolute atomic E-state index is 13.3. The third kappa shape index (κ3) is 3.42. The highest BCUT2D eigenvalue weighted by Crippen LogP contribution is 2.45. The van der Waals surface area contributed by atoms with Crippen LogP contribution < -0.4 is 4.74 Å². The molecule has 1 heterocycles. The fraction of sp³-hybridized carbons (Fsp3) is 0.259. The van der Waals surface area contributed by atoms with E-state index in [0.29, 0.717) is 16.9 Å². The van der Waals surface area contributed by atoms with Gasteiger partial charge in [0.2, 0.25) is 0 Å². The Morgan fingerprint density at radius 2 is 1.73 bits per heavy atom. The quantitative estimate of drug-likeness (QED) is 0.340. The number of ketones is 1. The molecule has 1 saturated heterocycles. The number of Topliss-reactive ketones (excluding diaryl/α,β-unsaturated/α-hetero) is 1. The molecular formula is C27H25NO5. The Hall–Kier alpha value is -3.80. The Labute approximate surface area is 191 Å². The summed E-state index contributed by atoms with van der Waals surface area (Å²) >= 11 is 0. The van der Waals surface area contributed by atoms with Gasteiger partial charge in [-0.15, -0.1) is 0 Å². The lowest BCUT2D eigenvalue weighted by Gasteiger charge is -2.31. The largest absolute Gasteiger partial charge is 0.507 e. The molecule has 33 heavy (non-hydrogen) atoms. The molecule has 1 amide bonds. The maximum atomic E-state index is 13.3. The number of ether oxygens (including phenoxy) is 1. The lowest BCUT2D eigenvalue weighted by atomic mass is 9.92. The van der Waals surface area contributed by atoms with Crippen LogP contribution in [0.25, 0.3) is 16.5 Å². The topological polar surface area (TPSA) is 87.1 Å². The summed E-state index contributed by atoms with van der Waals surface area (Å²) in [6.07, 6.45) is 3.58. The first-order valence-corrected chi connectivity index (χ1v) is 11.2.